The van der Waals surface area contributed by atoms with E-state index in [-0.39, 0.29) is 6.04 Å². The maximum atomic E-state index is 12.2. The van der Waals surface area contributed by atoms with Crippen molar-refractivity contribution in [2.24, 2.45) is 5.92 Å². The van der Waals surface area contributed by atoms with Gasteiger partial charge in [0.1, 0.15) is 0 Å². The van der Waals surface area contributed by atoms with Crippen molar-refractivity contribution in [3.63, 3.8) is 0 Å². The summed E-state index contributed by atoms with van der Waals surface area (Å²) in [4.78, 5) is 16.9. The lowest BCUT2D eigenvalue weighted by Gasteiger charge is -2.45. The predicted octanol–water partition coefficient (Wildman–Crippen LogP) is -0.0181. The minimum Gasteiger partial charge on any atom is -0.379 e. The first-order chi connectivity index (χ1) is 7.84. The lowest BCUT2D eigenvalue weighted by atomic mass is 9.82. The summed E-state index contributed by atoms with van der Waals surface area (Å²) in [5.41, 5.74) is 0. The number of fused-ring (bicyclic) bond motifs is 3. The molecule has 16 heavy (non-hydrogen) atoms. The topological polar surface area (TPSA) is 32.8 Å². The first kappa shape index (κ1) is 10.7. The third-order valence-corrected chi connectivity index (χ3v) is 4.24. The third-order valence-electron chi connectivity index (χ3n) is 4.24. The first-order valence-corrected chi connectivity index (χ1v) is 6.42. The monoisotopic (exact) mass is 224 g/mol. The molecule has 0 aliphatic carbocycles. The molecule has 0 spiro atoms. The highest BCUT2D eigenvalue weighted by atomic mass is 16.5. The van der Waals surface area contributed by atoms with E-state index in [0.29, 0.717) is 11.7 Å². The van der Waals surface area contributed by atoms with Crippen LogP contribution >= 0.6 is 0 Å². The maximum absolute atomic E-state index is 12.2. The van der Waals surface area contributed by atoms with Crippen molar-refractivity contribution in [2.75, 3.05) is 45.9 Å². The van der Waals surface area contributed by atoms with Crippen molar-refractivity contribution in [3.8, 4) is 0 Å². The molecule has 0 unspecified atom stereocenters. The molecule has 4 saturated heterocycles. The second-order valence-corrected chi connectivity index (χ2v) is 5.14. The molecular weight excluding hydrogens is 204 g/mol. The zero-order chi connectivity index (χ0) is 11.0. The number of hydrogen-bond donors (Lipinski definition) is 0. The first-order valence-electron chi connectivity index (χ1n) is 6.42. The molecular formula is C12H20N2O2. The molecule has 4 aliphatic heterocycles. The molecule has 0 aromatic rings. The van der Waals surface area contributed by atoms with Gasteiger partial charge in [-0.2, -0.15) is 0 Å². The summed E-state index contributed by atoms with van der Waals surface area (Å²) in [5.74, 6) is 0.875. The van der Waals surface area contributed by atoms with E-state index in [1.54, 1.807) is 0 Å². The van der Waals surface area contributed by atoms with Gasteiger partial charge in [-0.05, 0) is 25.9 Å². The highest BCUT2D eigenvalue weighted by molar-refractivity contribution is 5.88. The number of Topliss-reactive ketones (excluding diaryl/α,β-unsaturated/α-hetero) is 1. The Morgan fingerprint density at radius 3 is 2.44 bits per heavy atom. The smallest absolute Gasteiger partial charge is 0.154 e. The quantitative estimate of drug-likeness (QED) is 0.660. The molecule has 0 aromatic carbocycles. The number of ketones is 1. The molecule has 4 aliphatic rings. The number of hydrogen-bond acceptors (Lipinski definition) is 4. The number of morpholine rings is 1. The maximum Gasteiger partial charge on any atom is 0.154 e. The molecule has 4 heteroatoms. The van der Waals surface area contributed by atoms with Gasteiger partial charge in [0.2, 0.25) is 0 Å². The molecule has 4 heterocycles. The Balaban J connectivity index is 1.63. The Hall–Kier alpha value is -0.450. The molecule has 1 atom stereocenters. The summed E-state index contributed by atoms with van der Waals surface area (Å²) >= 11 is 0. The molecule has 0 N–H and O–H groups in total. The van der Waals surface area contributed by atoms with Crippen LogP contribution in [0.1, 0.15) is 12.8 Å². The number of carbonyl (C=O) groups is 1. The van der Waals surface area contributed by atoms with Gasteiger partial charge in [-0.15, -0.1) is 0 Å². The fourth-order valence-corrected chi connectivity index (χ4v) is 3.18. The van der Waals surface area contributed by atoms with Gasteiger partial charge in [-0.25, -0.2) is 0 Å². The third kappa shape index (κ3) is 1.90. The fraction of sp³-hybridized carbons (Fsp3) is 0.917. The van der Waals surface area contributed by atoms with Crippen LogP contribution < -0.4 is 0 Å². The highest BCUT2D eigenvalue weighted by Crippen LogP contribution is 2.29. The van der Waals surface area contributed by atoms with Gasteiger partial charge in [0.15, 0.2) is 5.78 Å². The summed E-state index contributed by atoms with van der Waals surface area (Å²) in [6.07, 6.45) is 2.19. The van der Waals surface area contributed by atoms with E-state index in [1.807, 2.05) is 0 Å². The lowest BCUT2D eigenvalue weighted by Crippen LogP contribution is -2.59. The summed E-state index contributed by atoms with van der Waals surface area (Å²) in [6.45, 7) is 6.81. The van der Waals surface area contributed by atoms with E-state index >= 15 is 0 Å². The predicted molar refractivity (Wildman–Crippen MR) is 60.4 cm³/mol. The fourth-order valence-electron chi connectivity index (χ4n) is 3.18. The molecule has 4 rings (SSSR count). The number of piperidine rings is 3. The molecule has 4 fully saturated rings. The number of ether oxygens (including phenoxy) is 1. The highest BCUT2D eigenvalue weighted by Gasteiger charge is 2.41. The minimum atomic E-state index is 0.186. The van der Waals surface area contributed by atoms with E-state index in [4.69, 9.17) is 4.74 Å². The van der Waals surface area contributed by atoms with Crippen LogP contribution in [0.4, 0.5) is 0 Å². The molecule has 0 aromatic heterocycles. The second kappa shape index (κ2) is 4.43. The molecule has 90 valence electrons. The lowest BCUT2D eigenvalue weighted by molar-refractivity contribution is -0.138. The Bertz CT molecular complexity index is 268. The SMILES string of the molecule is O=C1C2CCN(CC2)[C@@H]1CN1CCOCC1. The van der Waals surface area contributed by atoms with E-state index in [9.17, 15) is 4.79 Å². The van der Waals surface area contributed by atoms with Crippen LogP contribution in [0.25, 0.3) is 0 Å². The van der Waals surface area contributed by atoms with Gasteiger partial charge in [0, 0.05) is 25.6 Å². The number of carbonyl (C=O) groups excluding carboxylic acids is 1. The van der Waals surface area contributed by atoms with Crippen LogP contribution in [0.3, 0.4) is 0 Å². The molecule has 0 radical (unpaired) electrons. The van der Waals surface area contributed by atoms with E-state index in [2.05, 4.69) is 9.80 Å². The van der Waals surface area contributed by atoms with Gasteiger partial charge < -0.3 is 4.74 Å². The van der Waals surface area contributed by atoms with Gasteiger partial charge in [0.05, 0.1) is 19.3 Å². The van der Waals surface area contributed by atoms with Crippen molar-refractivity contribution in [2.45, 2.75) is 18.9 Å². The molecule has 0 saturated carbocycles. The Kier molecular flexibility index (Phi) is 2.96. The largest absolute Gasteiger partial charge is 0.379 e. The molecule has 4 nitrogen and oxygen atoms in total. The summed E-state index contributed by atoms with van der Waals surface area (Å²) in [6, 6.07) is 0.186. The van der Waals surface area contributed by atoms with Crippen LogP contribution in [0.5, 0.6) is 0 Å². The molecule has 2 bridgehead atoms. The van der Waals surface area contributed by atoms with Gasteiger partial charge >= 0.3 is 0 Å². The van der Waals surface area contributed by atoms with E-state index in [1.165, 1.54) is 0 Å². The van der Waals surface area contributed by atoms with Crippen molar-refractivity contribution < 1.29 is 9.53 Å². The zero-order valence-corrected chi connectivity index (χ0v) is 9.73. The van der Waals surface area contributed by atoms with Crippen LogP contribution in [-0.4, -0.2) is 67.6 Å². The van der Waals surface area contributed by atoms with Gasteiger partial charge in [-0.3, -0.25) is 14.6 Å². The standard InChI is InChI=1S/C12H20N2O2/c15-12-10-1-3-14(4-2-10)11(12)9-13-5-7-16-8-6-13/h10-11H,1-9H2/t11-/m1/s1. The number of rotatable bonds is 2. The van der Waals surface area contributed by atoms with Crippen LogP contribution in [0.2, 0.25) is 0 Å². The van der Waals surface area contributed by atoms with Crippen molar-refractivity contribution in [1.29, 1.82) is 0 Å². The average Bonchev–Trinajstić information content (AvgIpc) is 2.36. The summed E-state index contributed by atoms with van der Waals surface area (Å²) < 4.78 is 5.34. The minimum absolute atomic E-state index is 0.186. The van der Waals surface area contributed by atoms with Crippen LogP contribution in [0, 0.1) is 5.92 Å². The summed E-state index contributed by atoms with van der Waals surface area (Å²) in [7, 11) is 0. The van der Waals surface area contributed by atoms with Gasteiger partial charge in [0.25, 0.3) is 0 Å². The van der Waals surface area contributed by atoms with Crippen molar-refractivity contribution in [1.82, 2.24) is 9.80 Å². The van der Waals surface area contributed by atoms with Crippen molar-refractivity contribution >= 4 is 5.78 Å². The normalized spacial score (nSPS) is 40.2. The second-order valence-electron chi connectivity index (χ2n) is 5.14. The van der Waals surface area contributed by atoms with E-state index in [0.717, 1.165) is 58.8 Å². The number of nitrogens with zero attached hydrogens (tertiary/aromatic N) is 2. The van der Waals surface area contributed by atoms with Crippen LogP contribution in [-0.2, 0) is 9.53 Å². The zero-order valence-electron chi connectivity index (χ0n) is 9.73. The van der Waals surface area contributed by atoms with Gasteiger partial charge in [-0.1, -0.05) is 0 Å². The average molecular weight is 224 g/mol. The van der Waals surface area contributed by atoms with Crippen LogP contribution in [0.15, 0.2) is 0 Å². The van der Waals surface area contributed by atoms with Crippen molar-refractivity contribution in [3.05, 3.63) is 0 Å². The Morgan fingerprint density at radius 1 is 1.12 bits per heavy atom. The Labute approximate surface area is 96.5 Å². The van der Waals surface area contributed by atoms with E-state index < -0.39 is 0 Å². The molecule has 0 amide bonds. The summed E-state index contributed by atoms with van der Waals surface area (Å²) in [5, 5.41) is 0. The Morgan fingerprint density at radius 2 is 1.81 bits per heavy atom.